The number of carbonyl (C=O) groups is 1. The second-order valence-electron chi connectivity index (χ2n) is 3.75. The highest BCUT2D eigenvalue weighted by molar-refractivity contribution is 5.86. The van der Waals surface area contributed by atoms with Gasteiger partial charge in [-0.25, -0.2) is 0 Å². The molecular formula is C13H21NO2. The van der Waals surface area contributed by atoms with Gasteiger partial charge in [0.15, 0.2) is 0 Å². The zero-order valence-corrected chi connectivity index (χ0v) is 10.7. The first kappa shape index (κ1) is 14.6. The van der Waals surface area contributed by atoms with Gasteiger partial charge in [0.1, 0.15) is 6.61 Å². The minimum Gasteiger partial charge on any atom is -0.460 e. The molecule has 3 nitrogen and oxygen atoms in total. The van der Waals surface area contributed by atoms with Gasteiger partial charge in [-0.05, 0) is 25.8 Å². The Bertz CT molecular complexity index is 314. The molecule has 0 aliphatic heterocycles. The van der Waals surface area contributed by atoms with Gasteiger partial charge >= 0.3 is 5.97 Å². The standard InChI is InChI=1S/C13H21NO2/c1-6-7-8-10(2)12(4)14-11(3)9-16-13(5)15/h8H,4,6-7,9H2,1-3,5H3/b10-8-,14-11?. The van der Waals surface area contributed by atoms with E-state index in [1.807, 2.05) is 13.8 Å². The van der Waals surface area contributed by atoms with E-state index in [0.29, 0.717) is 0 Å². The fraction of sp³-hybridized carbons (Fsp3) is 0.538. The minimum atomic E-state index is -0.293. The molecule has 0 aliphatic rings. The lowest BCUT2D eigenvalue weighted by molar-refractivity contribution is -0.139. The maximum absolute atomic E-state index is 10.6. The molecule has 0 heterocycles. The fourth-order valence-corrected chi connectivity index (χ4v) is 1.04. The zero-order valence-electron chi connectivity index (χ0n) is 10.7. The van der Waals surface area contributed by atoms with Crippen molar-refractivity contribution in [1.82, 2.24) is 0 Å². The average Bonchev–Trinajstić information content (AvgIpc) is 2.22. The number of carbonyl (C=O) groups excluding carboxylic acids is 1. The van der Waals surface area contributed by atoms with Crippen LogP contribution in [0.25, 0.3) is 0 Å². The molecule has 0 unspecified atom stereocenters. The summed E-state index contributed by atoms with van der Waals surface area (Å²) in [5.41, 5.74) is 2.56. The summed E-state index contributed by atoms with van der Waals surface area (Å²) >= 11 is 0. The number of rotatable bonds is 6. The van der Waals surface area contributed by atoms with Crippen LogP contribution >= 0.6 is 0 Å². The van der Waals surface area contributed by atoms with Crippen LogP contribution in [-0.2, 0) is 9.53 Å². The predicted molar refractivity (Wildman–Crippen MR) is 67.5 cm³/mol. The van der Waals surface area contributed by atoms with Gasteiger partial charge in [-0.3, -0.25) is 9.79 Å². The van der Waals surface area contributed by atoms with E-state index in [4.69, 9.17) is 4.74 Å². The van der Waals surface area contributed by atoms with E-state index in [9.17, 15) is 4.79 Å². The molecule has 90 valence electrons. The third-order valence-corrected chi connectivity index (χ3v) is 2.00. The van der Waals surface area contributed by atoms with Crippen LogP contribution in [0.5, 0.6) is 0 Å². The lowest BCUT2D eigenvalue weighted by atomic mass is 10.2. The van der Waals surface area contributed by atoms with Crippen LogP contribution in [0.15, 0.2) is 28.9 Å². The number of hydrogen-bond donors (Lipinski definition) is 0. The van der Waals surface area contributed by atoms with Gasteiger partial charge in [0, 0.05) is 6.92 Å². The summed E-state index contributed by atoms with van der Waals surface area (Å²) < 4.78 is 4.84. The first-order chi connectivity index (χ1) is 7.47. The number of hydrogen-bond acceptors (Lipinski definition) is 3. The molecule has 0 aliphatic carbocycles. The Labute approximate surface area is 97.9 Å². The summed E-state index contributed by atoms with van der Waals surface area (Å²) in [5, 5.41) is 0. The van der Waals surface area contributed by atoms with Crippen molar-refractivity contribution in [1.29, 1.82) is 0 Å². The number of ether oxygens (including phenoxy) is 1. The fourth-order valence-electron chi connectivity index (χ4n) is 1.04. The number of allylic oxidation sites excluding steroid dienone is 2. The van der Waals surface area contributed by atoms with E-state index in [0.717, 1.165) is 29.8 Å². The minimum absolute atomic E-state index is 0.232. The Morgan fingerprint density at radius 2 is 2.00 bits per heavy atom. The zero-order chi connectivity index (χ0) is 12.6. The Morgan fingerprint density at radius 1 is 1.38 bits per heavy atom. The molecule has 0 fully saturated rings. The summed E-state index contributed by atoms with van der Waals surface area (Å²) in [4.78, 5) is 14.9. The van der Waals surface area contributed by atoms with Gasteiger partial charge < -0.3 is 4.74 Å². The maximum atomic E-state index is 10.6. The van der Waals surface area contributed by atoms with Crippen molar-refractivity contribution in [2.24, 2.45) is 4.99 Å². The van der Waals surface area contributed by atoms with Crippen LogP contribution in [0.2, 0.25) is 0 Å². The van der Waals surface area contributed by atoms with E-state index in [-0.39, 0.29) is 12.6 Å². The van der Waals surface area contributed by atoms with Crippen molar-refractivity contribution >= 4 is 11.7 Å². The van der Waals surface area contributed by atoms with Gasteiger partial charge in [-0.1, -0.05) is 26.0 Å². The highest BCUT2D eigenvalue weighted by atomic mass is 16.5. The van der Waals surface area contributed by atoms with Crippen molar-refractivity contribution in [3.8, 4) is 0 Å². The quantitative estimate of drug-likeness (QED) is 0.394. The SMILES string of the molecule is C=C(N=C(C)COC(C)=O)/C(C)=C\CCC. The predicted octanol–water partition coefficient (Wildman–Crippen LogP) is 3.27. The number of esters is 1. The topological polar surface area (TPSA) is 38.7 Å². The molecule has 0 aromatic rings. The summed E-state index contributed by atoms with van der Waals surface area (Å²) in [6.07, 6.45) is 4.26. The van der Waals surface area contributed by atoms with E-state index in [1.54, 1.807) is 0 Å². The molecule has 0 saturated carbocycles. The molecule has 0 aromatic heterocycles. The molecule has 0 saturated heterocycles. The highest BCUT2D eigenvalue weighted by Crippen LogP contribution is 2.10. The summed E-state index contributed by atoms with van der Waals surface area (Å²) in [6, 6.07) is 0. The summed E-state index contributed by atoms with van der Waals surface area (Å²) in [6.45, 7) is 11.4. The highest BCUT2D eigenvalue weighted by Gasteiger charge is 1.98. The number of nitrogens with zero attached hydrogens (tertiary/aromatic N) is 1. The van der Waals surface area contributed by atoms with Gasteiger partial charge in [0.25, 0.3) is 0 Å². The lowest BCUT2D eigenvalue weighted by Crippen LogP contribution is -2.08. The molecule has 0 bridgehead atoms. The van der Waals surface area contributed by atoms with E-state index < -0.39 is 0 Å². The van der Waals surface area contributed by atoms with Crippen LogP contribution in [0.3, 0.4) is 0 Å². The summed E-state index contributed by atoms with van der Waals surface area (Å²) in [5.74, 6) is -0.293. The van der Waals surface area contributed by atoms with Crippen LogP contribution in [0.4, 0.5) is 0 Å². The Hall–Kier alpha value is -1.38. The molecule has 0 spiro atoms. The van der Waals surface area contributed by atoms with Gasteiger partial charge in [0.05, 0.1) is 11.4 Å². The van der Waals surface area contributed by atoms with Crippen molar-refractivity contribution in [3.63, 3.8) is 0 Å². The molecule has 0 rings (SSSR count). The molecule has 16 heavy (non-hydrogen) atoms. The summed E-state index contributed by atoms with van der Waals surface area (Å²) in [7, 11) is 0. The Morgan fingerprint density at radius 3 is 2.50 bits per heavy atom. The van der Waals surface area contributed by atoms with E-state index in [1.165, 1.54) is 6.92 Å². The van der Waals surface area contributed by atoms with Crippen molar-refractivity contribution < 1.29 is 9.53 Å². The van der Waals surface area contributed by atoms with Crippen LogP contribution in [0, 0.1) is 0 Å². The second kappa shape index (κ2) is 7.85. The first-order valence-corrected chi connectivity index (χ1v) is 5.51. The number of aliphatic imine (C=N–C) groups is 1. The molecule has 3 heteroatoms. The van der Waals surface area contributed by atoms with Gasteiger partial charge in [-0.15, -0.1) is 0 Å². The van der Waals surface area contributed by atoms with Crippen LogP contribution in [0.1, 0.15) is 40.5 Å². The Balaban J connectivity index is 4.29. The van der Waals surface area contributed by atoms with Crippen LogP contribution in [-0.4, -0.2) is 18.3 Å². The smallest absolute Gasteiger partial charge is 0.303 e. The first-order valence-electron chi connectivity index (χ1n) is 5.51. The molecule has 0 atom stereocenters. The largest absolute Gasteiger partial charge is 0.460 e. The van der Waals surface area contributed by atoms with Crippen molar-refractivity contribution in [2.75, 3.05) is 6.61 Å². The third-order valence-electron chi connectivity index (χ3n) is 2.00. The van der Waals surface area contributed by atoms with Gasteiger partial charge in [0.2, 0.25) is 0 Å². The monoisotopic (exact) mass is 223 g/mol. The molecular weight excluding hydrogens is 202 g/mol. The second-order valence-corrected chi connectivity index (χ2v) is 3.75. The molecule has 0 N–H and O–H groups in total. The molecule has 0 radical (unpaired) electrons. The van der Waals surface area contributed by atoms with Crippen LogP contribution < -0.4 is 0 Å². The third kappa shape index (κ3) is 6.98. The molecule has 0 aromatic carbocycles. The van der Waals surface area contributed by atoms with Crippen molar-refractivity contribution in [3.05, 3.63) is 23.9 Å². The van der Waals surface area contributed by atoms with Crippen molar-refractivity contribution in [2.45, 2.75) is 40.5 Å². The Kier molecular flexibility index (Phi) is 7.18. The maximum Gasteiger partial charge on any atom is 0.303 e. The van der Waals surface area contributed by atoms with E-state index >= 15 is 0 Å². The van der Waals surface area contributed by atoms with Gasteiger partial charge in [-0.2, -0.15) is 0 Å². The normalized spacial score (nSPS) is 12.5. The van der Waals surface area contributed by atoms with E-state index in [2.05, 4.69) is 24.6 Å². The number of unbranched alkanes of at least 4 members (excludes halogenated alkanes) is 1. The lowest BCUT2D eigenvalue weighted by Gasteiger charge is -2.04. The average molecular weight is 223 g/mol. The molecule has 0 amide bonds.